The summed E-state index contributed by atoms with van der Waals surface area (Å²) in [6.07, 6.45) is 1.44. The van der Waals surface area contributed by atoms with Crippen molar-refractivity contribution >= 4 is 22.8 Å². The molecule has 2 heterocycles. The maximum Gasteiger partial charge on any atom is 0.183 e. The van der Waals surface area contributed by atoms with E-state index >= 15 is 0 Å². The third-order valence-corrected chi connectivity index (χ3v) is 1.56. The molecule has 0 aliphatic carbocycles. The van der Waals surface area contributed by atoms with Crippen LogP contribution in [-0.2, 0) is 0 Å². The Hall–Kier alpha value is -1.98. The second-order valence-electron chi connectivity index (χ2n) is 2.62. The molecular formula is C7H8N6. The maximum absolute atomic E-state index is 5.62. The first-order valence-electron chi connectivity index (χ1n) is 3.69. The number of aryl methyl sites for hydroxylation is 1. The van der Waals surface area contributed by atoms with Crippen molar-refractivity contribution in [2.45, 2.75) is 6.92 Å². The van der Waals surface area contributed by atoms with E-state index in [1.165, 1.54) is 6.20 Å². The number of hydrogen-bond donors (Lipinski definition) is 2. The minimum Gasteiger partial charge on any atom is -0.382 e. The number of anilines is 2. The predicted octanol–water partition coefficient (Wildman–Crippen LogP) is -0.107. The Balaban J connectivity index is 2.87. The number of hydrogen-bond acceptors (Lipinski definition) is 6. The smallest absolute Gasteiger partial charge is 0.183 e. The first kappa shape index (κ1) is 7.66. The van der Waals surface area contributed by atoms with Crippen LogP contribution < -0.4 is 11.5 Å². The summed E-state index contributed by atoms with van der Waals surface area (Å²) < 4.78 is 0. The fourth-order valence-corrected chi connectivity index (χ4v) is 1.06. The molecule has 0 spiro atoms. The van der Waals surface area contributed by atoms with Gasteiger partial charge in [-0.3, -0.25) is 0 Å². The number of nitrogens with two attached hydrogens (primary N) is 2. The van der Waals surface area contributed by atoms with Crippen LogP contribution in [0.4, 0.5) is 11.6 Å². The molecule has 0 saturated carbocycles. The molecule has 0 radical (unpaired) electrons. The van der Waals surface area contributed by atoms with Crippen LogP contribution in [0.25, 0.3) is 11.2 Å². The summed E-state index contributed by atoms with van der Waals surface area (Å²) in [6.45, 7) is 1.74. The third-order valence-electron chi connectivity index (χ3n) is 1.56. The lowest BCUT2D eigenvalue weighted by Gasteiger charge is -2.00. The molecular weight excluding hydrogens is 168 g/mol. The van der Waals surface area contributed by atoms with Crippen LogP contribution in [0.15, 0.2) is 6.20 Å². The molecule has 0 aromatic carbocycles. The van der Waals surface area contributed by atoms with Crippen molar-refractivity contribution in [2.24, 2.45) is 0 Å². The number of nitrogens with zero attached hydrogens (tertiary/aromatic N) is 4. The zero-order valence-electron chi connectivity index (χ0n) is 7.02. The van der Waals surface area contributed by atoms with Gasteiger partial charge in [0.1, 0.15) is 11.6 Å². The molecule has 0 atom stereocenters. The second kappa shape index (κ2) is 2.51. The second-order valence-corrected chi connectivity index (χ2v) is 2.62. The number of aromatic nitrogens is 4. The Kier molecular flexibility index (Phi) is 1.48. The molecule has 0 aliphatic heterocycles. The van der Waals surface area contributed by atoms with Crippen LogP contribution in [0.2, 0.25) is 0 Å². The molecule has 0 fully saturated rings. The zero-order chi connectivity index (χ0) is 9.42. The van der Waals surface area contributed by atoms with Crippen LogP contribution in [-0.4, -0.2) is 19.9 Å². The molecule has 6 nitrogen and oxygen atoms in total. The highest BCUT2D eigenvalue weighted by Gasteiger charge is 2.04. The van der Waals surface area contributed by atoms with Crippen molar-refractivity contribution in [1.82, 2.24) is 19.9 Å². The lowest BCUT2D eigenvalue weighted by Crippen LogP contribution is -2.02. The molecule has 2 aromatic heterocycles. The Morgan fingerprint density at radius 3 is 2.69 bits per heavy atom. The summed E-state index contributed by atoms with van der Waals surface area (Å²) in [5.74, 6) is 1.19. The van der Waals surface area contributed by atoms with E-state index in [-0.39, 0.29) is 0 Å². The van der Waals surface area contributed by atoms with Gasteiger partial charge in [-0.05, 0) is 6.92 Å². The molecule has 13 heavy (non-hydrogen) atoms. The highest BCUT2D eigenvalue weighted by Crippen LogP contribution is 2.13. The van der Waals surface area contributed by atoms with Gasteiger partial charge in [0.25, 0.3) is 0 Å². The van der Waals surface area contributed by atoms with Crippen molar-refractivity contribution in [3.05, 3.63) is 12.0 Å². The van der Waals surface area contributed by atoms with Gasteiger partial charge in [0, 0.05) is 0 Å². The van der Waals surface area contributed by atoms with E-state index in [1.54, 1.807) is 6.92 Å². The standard InChI is InChI=1S/C7H8N6/c1-3-11-6(9)5-7(12-3)10-2-4(8)13-5/h2H,1H3,(H2,8,13)(H2,9,10,11,12). The summed E-state index contributed by atoms with van der Waals surface area (Å²) >= 11 is 0. The van der Waals surface area contributed by atoms with E-state index in [2.05, 4.69) is 19.9 Å². The van der Waals surface area contributed by atoms with Gasteiger partial charge in [-0.2, -0.15) is 0 Å². The van der Waals surface area contributed by atoms with E-state index < -0.39 is 0 Å². The Bertz CT molecular complexity index is 466. The van der Waals surface area contributed by atoms with Gasteiger partial charge in [0.05, 0.1) is 6.20 Å². The van der Waals surface area contributed by atoms with Gasteiger partial charge in [-0.1, -0.05) is 0 Å². The minimum absolute atomic E-state index is 0.308. The zero-order valence-corrected chi connectivity index (χ0v) is 7.02. The molecule has 0 bridgehead atoms. The summed E-state index contributed by atoms with van der Waals surface area (Å²) in [6, 6.07) is 0. The van der Waals surface area contributed by atoms with Crippen molar-refractivity contribution in [1.29, 1.82) is 0 Å². The monoisotopic (exact) mass is 176 g/mol. The van der Waals surface area contributed by atoms with Crippen LogP contribution in [0.1, 0.15) is 5.82 Å². The Morgan fingerprint density at radius 2 is 1.92 bits per heavy atom. The predicted molar refractivity (Wildman–Crippen MR) is 48.7 cm³/mol. The van der Waals surface area contributed by atoms with Crippen LogP contribution >= 0.6 is 0 Å². The third kappa shape index (κ3) is 1.22. The van der Waals surface area contributed by atoms with Gasteiger partial charge in [0.15, 0.2) is 17.0 Å². The summed E-state index contributed by atoms with van der Waals surface area (Å²) in [4.78, 5) is 16.0. The Morgan fingerprint density at radius 1 is 1.15 bits per heavy atom. The minimum atomic E-state index is 0.308. The van der Waals surface area contributed by atoms with E-state index in [4.69, 9.17) is 11.5 Å². The van der Waals surface area contributed by atoms with Crippen LogP contribution in [0, 0.1) is 6.92 Å². The lowest BCUT2D eigenvalue weighted by atomic mass is 10.4. The molecule has 6 heteroatoms. The first-order valence-corrected chi connectivity index (χ1v) is 3.69. The number of fused-ring (bicyclic) bond motifs is 1. The van der Waals surface area contributed by atoms with Gasteiger partial charge in [-0.25, -0.2) is 19.9 Å². The molecule has 66 valence electrons. The van der Waals surface area contributed by atoms with E-state index in [9.17, 15) is 0 Å². The van der Waals surface area contributed by atoms with E-state index in [0.29, 0.717) is 28.6 Å². The summed E-state index contributed by atoms with van der Waals surface area (Å²) in [5, 5.41) is 0. The van der Waals surface area contributed by atoms with Crippen molar-refractivity contribution in [3.63, 3.8) is 0 Å². The van der Waals surface area contributed by atoms with Crippen molar-refractivity contribution in [3.8, 4) is 0 Å². The van der Waals surface area contributed by atoms with E-state index in [1.807, 2.05) is 0 Å². The van der Waals surface area contributed by atoms with Gasteiger partial charge in [0.2, 0.25) is 0 Å². The molecule has 4 N–H and O–H groups in total. The molecule has 2 rings (SSSR count). The molecule has 2 aromatic rings. The fourth-order valence-electron chi connectivity index (χ4n) is 1.06. The number of rotatable bonds is 0. The lowest BCUT2D eigenvalue weighted by molar-refractivity contribution is 1.07. The van der Waals surface area contributed by atoms with Crippen LogP contribution in [0.5, 0.6) is 0 Å². The molecule has 0 amide bonds. The SMILES string of the molecule is Cc1nc(N)c2nc(N)cnc2n1. The maximum atomic E-state index is 5.62. The topological polar surface area (TPSA) is 104 Å². The summed E-state index contributed by atoms with van der Waals surface area (Å²) in [7, 11) is 0. The molecule has 0 aliphatic rings. The fraction of sp³-hybridized carbons (Fsp3) is 0.143. The van der Waals surface area contributed by atoms with Crippen molar-refractivity contribution < 1.29 is 0 Å². The summed E-state index contributed by atoms with van der Waals surface area (Å²) in [5.41, 5.74) is 12.0. The number of nitrogen functional groups attached to an aromatic ring is 2. The van der Waals surface area contributed by atoms with Crippen LogP contribution in [0.3, 0.4) is 0 Å². The van der Waals surface area contributed by atoms with E-state index in [0.717, 1.165) is 0 Å². The molecule has 0 saturated heterocycles. The van der Waals surface area contributed by atoms with Gasteiger partial charge >= 0.3 is 0 Å². The average Bonchev–Trinajstić information content (AvgIpc) is 2.06. The Labute approximate surface area is 74.0 Å². The largest absolute Gasteiger partial charge is 0.382 e. The first-order chi connectivity index (χ1) is 6.16. The van der Waals surface area contributed by atoms with Gasteiger partial charge in [-0.15, -0.1) is 0 Å². The van der Waals surface area contributed by atoms with Crippen molar-refractivity contribution in [2.75, 3.05) is 11.5 Å². The normalized spacial score (nSPS) is 10.5. The average molecular weight is 176 g/mol. The highest BCUT2D eigenvalue weighted by atomic mass is 15.0. The molecule has 0 unspecified atom stereocenters. The quantitative estimate of drug-likeness (QED) is 0.580. The van der Waals surface area contributed by atoms with Gasteiger partial charge < -0.3 is 11.5 Å². The highest BCUT2D eigenvalue weighted by molar-refractivity contribution is 5.81.